The minimum absolute atomic E-state index is 0.165. The van der Waals surface area contributed by atoms with Gasteiger partial charge in [-0.3, -0.25) is 14.2 Å². The summed E-state index contributed by atoms with van der Waals surface area (Å²) in [5, 5.41) is 3.00. The van der Waals surface area contributed by atoms with Crippen LogP contribution in [0.5, 0.6) is 5.75 Å². The van der Waals surface area contributed by atoms with Crippen LogP contribution in [0.2, 0.25) is 0 Å². The third-order valence-corrected chi connectivity index (χ3v) is 7.89. The predicted molar refractivity (Wildman–Crippen MR) is 146 cm³/mol. The molecule has 0 unspecified atom stereocenters. The fourth-order valence-corrected chi connectivity index (χ4v) is 6.20. The van der Waals surface area contributed by atoms with Crippen molar-refractivity contribution in [2.75, 3.05) is 24.3 Å². The minimum Gasteiger partial charge on any atom is -0.465 e. The van der Waals surface area contributed by atoms with Crippen molar-refractivity contribution in [3.05, 3.63) is 110 Å². The summed E-state index contributed by atoms with van der Waals surface area (Å²) in [5.74, 6) is -0.351. The van der Waals surface area contributed by atoms with Crippen molar-refractivity contribution < 1.29 is 9.53 Å². The Morgan fingerprint density at radius 3 is 2.49 bits per heavy atom. The molecule has 0 saturated carbocycles. The van der Waals surface area contributed by atoms with E-state index in [4.69, 9.17) is 9.73 Å². The van der Waals surface area contributed by atoms with Crippen molar-refractivity contribution in [2.45, 2.75) is 18.7 Å². The first-order valence-corrected chi connectivity index (χ1v) is 12.9. The molecule has 6 rings (SSSR count). The Bertz CT molecular complexity index is 1670. The second-order valence-electron chi connectivity index (χ2n) is 9.64. The van der Waals surface area contributed by atoms with Gasteiger partial charge in [-0.05, 0) is 48.9 Å². The molecule has 0 spiro atoms. The number of thiazole rings is 1. The van der Waals surface area contributed by atoms with Crippen LogP contribution in [0, 0.1) is 5.92 Å². The quantitative estimate of drug-likeness (QED) is 0.457. The first-order chi connectivity index (χ1) is 17.8. The van der Waals surface area contributed by atoms with Crippen LogP contribution in [0.25, 0.3) is 6.08 Å². The average molecular weight is 511 g/mol. The molecule has 1 N–H and O–H groups in total. The third-order valence-electron chi connectivity index (χ3n) is 6.91. The number of nitrogens with zero attached hydrogens (tertiary/aromatic N) is 3. The van der Waals surface area contributed by atoms with E-state index < -0.39 is 17.7 Å². The largest absolute Gasteiger partial charge is 0.465 e. The van der Waals surface area contributed by atoms with Gasteiger partial charge < -0.3 is 15.0 Å². The second kappa shape index (κ2) is 8.74. The lowest BCUT2D eigenvalue weighted by Crippen LogP contribution is -2.59. The highest BCUT2D eigenvalue weighted by atomic mass is 32.1. The van der Waals surface area contributed by atoms with Gasteiger partial charge in [0.15, 0.2) is 4.80 Å². The SMILES string of the molecule is CN(C)c1ccc(/C=c2\sc3n(c2=O)[C@H]2c4ccccc4O[C@@](C)(N=3)[C@@H]2C(=O)Nc2ccccc2)cc1. The molecule has 1 aromatic heterocycles. The Kier molecular flexibility index (Phi) is 5.49. The number of fused-ring (bicyclic) bond motifs is 6. The monoisotopic (exact) mass is 510 g/mol. The molecule has 7 nitrogen and oxygen atoms in total. The van der Waals surface area contributed by atoms with Crippen molar-refractivity contribution in [1.29, 1.82) is 0 Å². The van der Waals surface area contributed by atoms with E-state index in [1.807, 2.05) is 111 Å². The van der Waals surface area contributed by atoms with E-state index in [2.05, 4.69) is 5.32 Å². The summed E-state index contributed by atoms with van der Waals surface area (Å²) in [7, 11) is 3.98. The molecule has 2 aliphatic heterocycles. The predicted octanol–water partition coefficient (Wildman–Crippen LogP) is 3.39. The summed E-state index contributed by atoms with van der Waals surface area (Å²) in [5.41, 5.74) is 2.15. The third kappa shape index (κ3) is 3.94. The molecule has 3 aromatic carbocycles. The van der Waals surface area contributed by atoms with Crippen LogP contribution in [-0.2, 0) is 4.79 Å². The van der Waals surface area contributed by atoms with Crippen LogP contribution in [0.15, 0.2) is 88.6 Å². The number of anilines is 2. The summed E-state index contributed by atoms with van der Waals surface area (Å²) in [6.07, 6.45) is 1.88. The number of benzene rings is 3. The molecule has 4 aromatic rings. The van der Waals surface area contributed by atoms with Gasteiger partial charge in [0.25, 0.3) is 5.56 Å². The molecule has 3 atom stereocenters. The van der Waals surface area contributed by atoms with Crippen LogP contribution in [0.1, 0.15) is 24.1 Å². The molecule has 0 radical (unpaired) electrons. The highest BCUT2D eigenvalue weighted by molar-refractivity contribution is 7.07. The van der Waals surface area contributed by atoms with Crippen LogP contribution in [0.3, 0.4) is 0 Å². The molecule has 0 aliphatic carbocycles. The number of aromatic nitrogens is 1. The summed E-state index contributed by atoms with van der Waals surface area (Å²) < 4.78 is 8.60. The molecule has 2 aliphatic rings. The van der Waals surface area contributed by atoms with Gasteiger partial charge in [-0.25, -0.2) is 4.99 Å². The summed E-state index contributed by atoms with van der Waals surface area (Å²) in [6.45, 7) is 1.82. The average Bonchev–Trinajstić information content (AvgIpc) is 3.17. The van der Waals surface area contributed by atoms with E-state index in [1.165, 1.54) is 11.3 Å². The molecule has 1 amide bonds. The van der Waals surface area contributed by atoms with Crippen molar-refractivity contribution in [1.82, 2.24) is 4.57 Å². The zero-order valence-corrected chi connectivity index (χ0v) is 21.5. The minimum atomic E-state index is -1.17. The van der Waals surface area contributed by atoms with Crippen molar-refractivity contribution in [3.63, 3.8) is 0 Å². The van der Waals surface area contributed by atoms with Gasteiger partial charge in [-0.15, -0.1) is 0 Å². The van der Waals surface area contributed by atoms with Crippen LogP contribution < -0.4 is 29.8 Å². The lowest BCUT2D eigenvalue weighted by molar-refractivity contribution is -0.131. The Labute approximate surface area is 218 Å². The van der Waals surface area contributed by atoms with Gasteiger partial charge in [0.1, 0.15) is 11.7 Å². The molecule has 0 fully saturated rings. The topological polar surface area (TPSA) is 75.9 Å². The zero-order chi connectivity index (χ0) is 25.7. The normalized spacial score (nSPS) is 21.8. The van der Waals surface area contributed by atoms with Gasteiger partial charge in [0, 0.05) is 31.0 Å². The number of hydrogen-bond acceptors (Lipinski definition) is 6. The Morgan fingerprint density at radius 1 is 1.05 bits per heavy atom. The Morgan fingerprint density at radius 2 is 1.76 bits per heavy atom. The van der Waals surface area contributed by atoms with Gasteiger partial charge in [0.05, 0.1) is 10.6 Å². The first kappa shape index (κ1) is 23.2. The van der Waals surface area contributed by atoms with E-state index in [1.54, 1.807) is 4.57 Å². The number of hydrogen-bond donors (Lipinski definition) is 1. The number of carbonyl (C=O) groups excluding carboxylic acids is 1. The van der Waals surface area contributed by atoms with Crippen LogP contribution in [-0.4, -0.2) is 30.3 Å². The van der Waals surface area contributed by atoms with Gasteiger partial charge >= 0.3 is 0 Å². The number of carbonyl (C=O) groups is 1. The first-order valence-electron chi connectivity index (χ1n) is 12.1. The lowest BCUT2D eigenvalue weighted by atomic mass is 9.80. The van der Waals surface area contributed by atoms with Crippen molar-refractivity contribution in [3.8, 4) is 5.75 Å². The highest BCUT2D eigenvalue weighted by Gasteiger charge is 2.55. The molecular formula is C29H26N4O3S. The number of rotatable bonds is 4. The van der Waals surface area contributed by atoms with Crippen LogP contribution in [0.4, 0.5) is 11.4 Å². The zero-order valence-electron chi connectivity index (χ0n) is 20.7. The smallest absolute Gasteiger partial charge is 0.270 e. The molecule has 37 heavy (non-hydrogen) atoms. The molecular weight excluding hydrogens is 484 g/mol. The van der Waals surface area contributed by atoms with Crippen molar-refractivity contribution in [2.24, 2.45) is 10.9 Å². The second-order valence-corrected chi connectivity index (χ2v) is 10.6. The van der Waals surface area contributed by atoms with E-state index >= 15 is 0 Å². The Hall–Kier alpha value is -4.17. The maximum atomic E-state index is 13.8. The Balaban J connectivity index is 1.50. The van der Waals surface area contributed by atoms with E-state index in [0.717, 1.165) is 16.8 Å². The number of nitrogens with one attached hydrogen (secondary N) is 1. The summed E-state index contributed by atoms with van der Waals surface area (Å²) >= 11 is 1.32. The summed E-state index contributed by atoms with van der Waals surface area (Å²) in [6, 6.07) is 24.3. The fourth-order valence-electron chi connectivity index (χ4n) is 5.10. The number of para-hydroxylation sites is 2. The van der Waals surface area contributed by atoms with E-state index in [-0.39, 0.29) is 11.5 Å². The maximum Gasteiger partial charge on any atom is 0.270 e. The standard InChI is InChI=1S/C29H26N4O3S/c1-29-24(26(34)30-19-9-5-4-6-10-19)25(21-11-7-8-12-22(21)36-29)33-27(35)23(37-28(33)31-29)17-18-13-15-20(16-14-18)32(2)3/h4-17,24-25H,1-3H3,(H,30,34)/b23-17-/t24-,25-,29+/m0/s1. The molecule has 186 valence electrons. The maximum absolute atomic E-state index is 13.8. The highest BCUT2D eigenvalue weighted by Crippen LogP contribution is 2.47. The summed E-state index contributed by atoms with van der Waals surface area (Å²) in [4.78, 5) is 35.0. The fraction of sp³-hybridized carbons (Fsp3) is 0.207. The number of amides is 1. The molecule has 3 heterocycles. The lowest BCUT2D eigenvalue weighted by Gasteiger charge is -2.45. The molecule has 2 bridgehead atoms. The van der Waals surface area contributed by atoms with Gasteiger partial charge in [0.2, 0.25) is 11.6 Å². The molecule has 0 saturated heterocycles. The molecule has 8 heteroatoms. The van der Waals surface area contributed by atoms with Crippen molar-refractivity contribution >= 4 is 34.7 Å². The van der Waals surface area contributed by atoms with E-state index in [0.29, 0.717) is 20.8 Å². The van der Waals surface area contributed by atoms with Gasteiger partial charge in [-0.2, -0.15) is 0 Å². The van der Waals surface area contributed by atoms with Gasteiger partial charge in [-0.1, -0.05) is 59.9 Å². The number of ether oxygens (including phenoxy) is 1. The van der Waals surface area contributed by atoms with E-state index in [9.17, 15) is 9.59 Å². The van der Waals surface area contributed by atoms with Crippen LogP contribution >= 0.6 is 11.3 Å².